The van der Waals surface area contributed by atoms with E-state index >= 15 is 0 Å². The lowest BCUT2D eigenvalue weighted by molar-refractivity contribution is -0.0622. The molecule has 0 radical (unpaired) electrons. The number of aromatic nitrogens is 8. The van der Waals surface area contributed by atoms with Gasteiger partial charge < -0.3 is 40.0 Å². The van der Waals surface area contributed by atoms with Crippen LogP contribution in [0.5, 0.6) is 0 Å². The van der Waals surface area contributed by atoms with Crippen LogP contribution >= 0.6 is 15.4 Å². The second-order valence-corrected chi connectivity index (χ2v) is 14.8. The van der Waals surface area contributed by atoms with E-state index in [0.29, 0.717) is 12.8 Å². The number of hydrogen-bond donors (Lipinski definition) is 5. The molecule has 7 heterocycles. The first-order valence-corrected chi connectivity index (χ1v) is 18.0. The molecule has 7 rings (SSSR count). The molecule has 4 aromatic rings. The highest BCUT2D eigenvalue weighted by atomic mass is 31.2. The number of nitrogens with two attached hydrogens (primary N) is 2. The summed E-state index contributed by atoms with van der Waals surface area (Å²) in [6, 6.07) is 0. The lowest BCUT2D eigenvalue weighted by atomic mass is 9.93. The highest BCUT2D eigenvalue weighted by molar-refractivity contribution is 7.53. The SMILES string of the molecule is CCCC1C2OP(C)(=O)OC[C@H]3O[C@@H](n4cnc5c(N)ncnc54)[C@@H](O)C3OP(=O)(O)OC[C@H]1O[C@H]2n1cnc2c(=O)[nH]c(N)nc21. The zero-order valence-electron chi connectivity index (χ0n) is 24.9. The molecule has 4 aromatic heterocycles. The van der Waals surface area contributed by atoms with Gasteiger partial charge in [0.15, 0.2) is 35.1 Å². The molecule has 254 valence electrons. The van der Waals surface area contributed by atoms with E-state index in [-0.39, 0.29) is 34.1 Å². The molecule has 23 heteroatoms. The molecule has 3 fully saturated rings. The van der Waals surface area contributed by atoms with Crippen molar-refractivity contribution in [3.63, 3.8) is 0 Å². The maximum Gasteiger partial charge on any atom is 0.472 e. The zero-order chi connectivity index (χ0) is 33.2. The Morgan fingerprint density at radius 3 is 2.43 bits per heavy atom. The van der Waals surface area contributed by atoms with Gasteiger partial charge in [0.2, 0.25) is 5.95 Å². The molecule has 0 amide bonds. The molecule has 2 bridgehead atoms. The number of aromatic amines is 1. The third-order valence-electron chi connectivity index (χ3n) is 8.26. The van der Waals surface area contributed by atoms with Gasteiger partial charge in [0.05, 0.1) is 32.0 Å². The first-order chi connectivity index (χ1) is 22.4. The van der Waals surface area contributed by atoms with E-state index in [2.05, 4.69) is 29.9 Å². The number of phosphoric ester groups is 1. The van der Waals surface area contributed by atoms with Gasteiger partial charge in [-0.2, -0.15) is 4.98 Å². The van der Waals surface area contributed by atoms with E-state index in [1.54, 1.807) is 0 Å². The van der Waals surface area contributed by atoms with Crippen LogP contribution in [0, 0.1) is 5.92 Å². The number of phosphoric acid groups is 1. The molecule has 21 nitrogen and oxygen atoms in total. The lowest BCUT2D eigenvalue weighted by Crippen LogP contribution is -2.36. The Morgan fingerprint density at radius 1 is 0.957 bits per heavy atom. The third kappa shape index (κ3) is 5.86. The van der Waals surface area contributed by atoms with E-state index in [1.807, 2.05) is 6.92 Å². The Morgan fingerprint density at radius 2 is 1.66 bits per heavy atom. The quantitative estimate of drug-likeness (QED) is 0.181. The molecule has 5 unspecified atom stereocenters. The number of hydrogen-bond acceptors (Lipinski definition) is 17. The number of aliphatic hydroxyl groups is 1. The minimum Gasteiger partial charge on any atom is -0.386 e. The van der Waals surface area contributed by atoms with Crippen LogP contribution in [-0.2, 0) is 36.7 Å². The van der Waals surface area contributed by atoms with Gasteiger partial charge in [-0.25, -0.2) is 24.5 Å². The van der Waals surface area contributed by atoms with Crippen molar-refractivity contribution in [3.8, 4) is 0 Å². The Kier molecular flexibility index (Phi) is 8.19. The third-order valence-corrected chi connectivity index (χ3v) is 10.5. The van der Waals surface area contributed by atoms with E-state index in [0.717, 1.165) is 0 Å². The van der Waals surface area contributed by atoms with Crippen molar-refractivity contribution in [2.75, 3.05) is 31.3 Å². The molecule has 3 aliphatic rings. The number of rotatable bonds is 4. The second-order valence-electron chi connectivity index (χ2n) is 11.4. The van der Waals surface area contributed by atoms with Crippen LogP contribution in [-0.4, -0.2) is 99.4 Å². The molecule has 3 saturated heterocycles. The number of nitrogen functional groups attached to an aromatic ring is 2. The fourth-order valence-electron chi connectivity index (χ4n) is 6.19. The predicted octanol–water partition coefficient (Wildman–Crippen LogP) is 0.436. The smallest absolute Gasteiger partial charge is 0.386 e. The lowest BCUT2D eigenvalue weighted by Gasteiger charge is -2.28. The van der Waals surface area contributed by atoms with Crippen molar-refractivity contribution < 1.29 is 46.7 Å². The largest absolute Gasteiger partial charge is 0.472 e. The van der Waals surface area contributed by atoms with Gasteiger partial charge in [0, 0.05) is 12.6 Å². The van der Waals surface area contributed by atoms with Gasteiger partial charge in [-0.1, -0.05) is 13.3 Å². The topological polar surface area (TPSA) is 289 Å². The summed E-state index contributed by atoms with van der Waals surface area (Å²) in [5, 5.41) is 11.3. The average molecular weight is 699 g/mol. The summed E-state index contributed by atoms with van der Waals surface area (Å²) in [5.74, 6) is -0.623. The molecular weight excluding hydrogens is 666 g/mol. The van der Waals surface area contributed by atoms with Crippen LogP contribution < -0.4 is 17.0 Å². The van der Waals surface area contributed by atoms with E-state index in [1.165, 1.54) is 34.8 Å². The normalized spacial score (nSPS) is 36.6. The molecule has 0 saturated carbocycles. The van der Waals surface area contributed by atoms with E-state index in [9.17, 15) is 23.9 Å². The molecule has 7 N–H and O–H groups in total. The first-order valence-electron chi connectivity index (χ1n) is 14.6. The maximum absolute atomic E-state index is 13.9. The molecule has 0 aromatic carbocycles. The van der Waals surface area contributed by atoms with Gasteiger partial charge in [0.25, 0.3) is 5.56 Å². The van der Waals surface area contributed by atoms with Crippen molar-refractivity contribution in [3.05, 3.63) is 29.3 Å². The fourth-order valence-corrected chi connectivity index (χ4v) is 8.34. The first kappa shape index (κ1) is 32.2. The van der Waals surface area contributed by atoms with Crippen molar-refractivity contribution in [2.24, 2.45) is 5.92 Å². The molecule has 0 spiro atoms. The summed E-state index contributed by atoms with van der Waals surface area (Å²) in [4.78, 5) is 46.3. The predicted molar refractivity (Wildman–Crippen MR) is 160 cm³/mol. The van der Waals surface area contributed by atoms with Gasteiger partial charge in [0.1, 0.15) is 36.3 Å². The van der Waals surface area contributed by atoms with Crippen molar-refractivity contribution >= 4 is 49.5 Å². The van der Waals surface area contributed by atoms with Crippen LogP contribution in [0.1, 0.15) is 32.2 Å². The maximum atomic E-state index is 13.9. The van der Waals surface area contributed by atoms with Crippen LogP contribution in [0.2, 0.25) is 0 Å². The number of ether oxygens (including phenoxy) is 2. The molecule has 47 heavy (non-hydrogen) atoms. The standard InChI is InChI=1S/C24H32N10O11P2/c1-3-4-10-11-5-41-47(38,39)45-17-12(43-22(15(17)35)33-8-29-13-18(25)27-7-28-19(13)33)6-40-46(2,37)44-16(10)23(42-11)34-9-30-14-20(34)31-24(26)32-21(14)36/h7-12,15-17,22-23,35H,3-6H2,1-2H3,(H,38,39)(H2,25,27,28)(H3,26,31,32,36)/t10?,11-,12-,15+,16?,17?,22-,23-,46?/m1/s1. The zero-order valence-corrected chi connectivity index (χ0v) is 26.7. The average Bonchev–Trinajstić information content (AvgIpc) is 3.76. The molecule has 3 aliphatic heterocycles. The van der Waals surface area contributed by atoms with Crippen LogP contribution in [0.25, 0.3) is 22.3 Å². The summed E-state index contributed by atoms with van der Waals surface area (Å²) in [6.07, 6.45) is -3.65. The Balaban J connectivity index is 1.23. The molecule has 0 aliphatic carbocycles. The van der Waals surface area contributed by atoms with Crippen LogP contribution in [0.3, 0.4) is 0 Å². The number of H-pyrrole nitrogens is 1. The summed E-state index contributed by atoms with van der Waals surface area (Å²) in [6.45, 7) is 2.19. The number of fused-ring (bicyclic) bond motifs is 5. The van der Waals surface area contributed by atoms with Crippen molar-refractivity contribution in [2.45, 2.75) is 62.7 Å². The summed E-state index contributed by atoms with van der Waals surface area (Å²) in [5.41, 5.74) is 11.6. The Hall–Kier alpha value is -3.36. The van der Waals surface area contributed by atoms with E-state index in [4.69, 9.17) is 39.0 Å². The summed E-state index contributed by atoms with van der Waals surface area (Å²) < 4.78 is 65.2. The van der Waals surface area contributed by atoms with Crippen molar-refractivity contribution in [1.29, 1.82) is 0 Å². The van der Waals surface area contributed by atoms with Gasteiger partial charge in [-0.05, 0) is 6.42 Å². The number of imidazole rings is 2. The second kappa shape index (κ2) is 12.0. The van der Waals surface area contributed by atoms with Crippen LogP contribution in [0.15, 0.2) is 23.8 Å². The van der Waals surface area contributed by atoms with Crippen LogP contribution in [0.4, 0.5) is 11.8 Å². The minimum atomic E-state index is -4.91. The number of aliphatic hydroxyl groups excluding tert-OH is 1. The van der Waals surface area contributed by atoms with Gasteiger partial charge in [-0.15, -0.1) is 0 Å². The highest BCUT2D eigenvalue weighted by Crippen LogP contribution is 2.55. The number of anilines is 2. The number of nitrogens with one attached hydrogen (secondary N) is 1. The van der Waals surface area contributed by atoms with Gasteiger partial charge in [-0.3, -0.25) is 32.5 Å². The van der Waals surface area contributed by atoms with Gasteiger partial charge >= 0.3 is 15.4 Å². The Bertz CT molecular complexity index is 1970. The fraction of sp³-hybridized carbons (Fsp3) is 0.583. The monoisotopic (exact) mass is 698 g/mol. The molecular formula is C24H32N10O11P2. The Labute approximate surface area is 264 Å². The van der Waals surface area contributed by atoms with E-state index < -0.39 is 83.1 Å². The summed E-state index contributed by atoms with van der Waals surface area (Å²) >= 11 is 0. The summed E-state index contributed by atoms with van der Waals surface area (Å²) in [7, 11) is -8.89. The minimum absolute atomic E-state index is 0.0239. The number of nitrogens with zero attached hydrogens (tertiary/aromatic N) is 7. The molecule has 10 atom stereocenters. The highest BCUT2D eigenvalue weighted by Gasteiger charge is 2.53. The van der Waals surface area contributed by atoms with Crippen molar-refractivity contribution in [1.82, 2.24) is 39.0 Å².